The summed E-state index contributed by atoms with van der Waals surface area (Å²) in [6.45, 7) is 50.3. The van der Waals surface area contributed by atoms with Crippen molar-refractivity contribution in [3.05, 3.63) is 297 Å². The van der Waals surface area contributed by atoms with E-state index in [-0.39, 0.29) is 43.3 Å². The highest BCUT2D eigenvalue weighted by atomic mass is 16.5. The number of hydrogen-bond donors (Lipinski definition) is 0. The van der Waals surface area contributed by atoms with E-state index in [4.69, 9.17) is 47.4 Å². The number of fused-ring (bicyclic) bond motifs is 5. The summed E-state index contributed by atoms with van der Waals surface area (Å²) < 4.78 is 58.4. The normalized spacial score (nSPS) is 17.3. The predicted octanol–water partition coefficient (Wildman–Crippen LogP) is 34.1. The smallest absolute Gasteiger partial charge is 0.119 e. The Morgan fingerprint density at radius 1 is 0.199 bits per heavy atom. The Bertz CT molecular complexity index is 4880. The second-order valence-corrected chi connectivity index (χ2v) is 41.9. The van der Waals surface area contributed by atoms with Crippen molar-refractivity contribution in [2.45, 2.75) is 361 Å². The summed E-state index contributed by atoms with van der Waals surface area (Å²) in [7, 11) is 0. The molecule has 0 heterocycles. The van der Waals surface area contributed by atoms with E-state index in [0.717, 1.165) is 207 Å². The SMILES string of the molecule is CCCOc1ccc(C(C)(C)c2ccc(OCCC)cc2)cc1.CCCOc1ccc(C2(C)CC(C)(C)c3ccc(OCCC)cc32)cc1.CCCOc1ccc(C2(c3ccc(OCCC)cc3)CCCCC2)cc1.CCCOc1ccc(C2(c3ccc(OCCC)cc3)CCCCCCCCCCC2)cc1.CCCOc1ccc2c(c1)C1(CC2(C)C)CC(C)(C)c2ccc(OCCC)cc21. The van der Waals surface area contributed by atoms with Gasteiger partial charge in [-0.05, 0) is 319 Å². The molecule has 0 radical (unpaired) electrons. The fraction of sp³-hybridized carbons (Fsp3) is 0.524. The van der Waals surface area contributed by atoms with Crippen LogP contribution >= 0.6 is 0 Å². The molecule has 736 valence electrons. The maximum absolute atomic E-state index is 6.04. The van der Waals surface area contributed by atoms with Crippen LogP contribution in [0.4, 0.5) is 0 Å². The number of benzene rings is 10. The van der Waals surface area contributed by atoms with Gasteiger partial charge < -0.3 is 47.4 Å². The van der Waals surface area contributed by atoms with Crippen LogP contribution in [0.2, 0.25) is 0 Å². The van der Waals surface area contributed by atoms with E-state index in [1.165, 1.54) is 175 Å². The number of hydrogen-bond acceptors (Lipinski definition) is 10. The van der Waals surface area contributed by atoms with Crippen molar-refractivity contribution in [3.63, 3.8) is 0 Å². The Morgan fingerprint density at radius 2 is 0.390 bits per heavy atom. The molecule has 1 atom stereocenters. The highest BCUT2D eigenvalue weighted by molar-refractivity contribution is 5.63. The molecular formula is C126H172O10. The lowest BCUT2D eigenvalue weighted by molar-refractivity contribution is 0.314. The van der Waals surface area contributed by atoms with Gasteiger partial charge in [-0.15, -0.1) is 0 Å². The first-order valence-electron chi connectivity index (χ1n) is 53.2. The minimum Gasteiger partial charge on any atom is -0.494 e. The van der Waals surface area contributed by atoms with Gasteiger partial charge in [0, 0.05) is 27.1 Å². The molecule has 1 spiro atoms. The molecule has 0 saturated heterocycles. The summed E-state index contributed by atoms with van der Waals surface area (Å²) >= 11 is 0. The highest BCUT2D eigenvalue weighted by Gasteiger charge is 2.57. The van der Waals surface area contributed by atoms with Gasteiger partial charge in [-0.25, -0.2) is 0 Å². The van der Waals surface area contributed by atoms with Crippen LogP contribution in [0.1, 0.15) is 390 Å². The van der Waals surface area contributed by atoms with Crippen molar-refractivity contribution in [2.75, 3.05) is 66.1 Å². The number of ether oxygens (including phenoxy) is 10. The molecular weight excluding hydrogens is 1670 g/mol. The summed E-state index contributed by atoms with van der Waals surface area (Å²) in [5, 5.41) is 0. The van der Waals surface area contributed by atoms with Crippen LogP contribution < -0.4 is 47.4 Å². The van der Waals surface area contributed by atoms with Crippen LogP contribution in [-0.2, 0) is 43.3 Å². The molecule has 0 aliphatic heterocycles. The molecule has 15 rings (SSSR count). The average molecular weight is 1850 g/mol. The Hall–Kier alpha value is -9.80. The molecule has 0 bridgehead atoms. The lowest BCUT2D eigenvalue weighted by Crippen LogP contribution is -2.30. The molecule has 10 nitrogen and oxygen atoms in total. The molecule has 136 heavy (non-hydrogen) atoms. The first kappa shape index (κ1) is 107. The minimum atomic E-state index is -0.0490. The maximum atomic E-state index is 6.04. The van der Waals surface area contributed by atoms with Gasteiger partial charge in [-0.1, -0.05) is 312 Å². The first-order chi connectivity index (χ1) is 65.8. The van der Waals surface area contributed by atoms with Crippen molar-refractivity contribution in [1.29, 1.82) is 0 Å². The van der Waals surface area contributed by atoms with E-state index in [2.05, 4.69) is 356 Å². The fourth-order valence-corrected chi connectivity index (χ4v) is 22.0. The lowest BCUT2D eigenvalue weighted by Gasteiger charge is -2.38. The molecule has 0 aromatic heterocycles. The van der Waals surface area contributed by atoms with Gasteiger partial charge in [0.1, 0.15) is 57.5 Å². The second-order valence-electron chi connectivity index (χ2n) is 41.9. The minimum absolute atomic E-state index is 0.00625. The van der Waals surface area contributed by atoms with Gasteiger partial charge in [-0.2, -0.15) is 0 Å². The van der Waals surface area contributed by atoms with Gasteiger partial charge in [0.15, 0.2) is 0 Å². The van der Waals surface area contributed by atoms with E-state index < -0.39 is 0 Å². The fourth-order valence-electron chi connectivity index (χ4n) is 22.0. The maximum Gasteiger partial charge on any atom is 0.119 e. The summed E-state index contributed by atoms with van der Waals surface area (Å²) in [5.41, 5.74) is 19.0. The largest absolute Gasteiger partial charge is 0.494 e. The summed E-state index contributed by atoms with van der Waals surface area (Å²) in [4.78, 5) is 0. The van der Waals surface area contributed by atoms with Crippen molar-refractivity contribution < 1.29 is 47.4 Å². The van der Waals surface area contributed by atoms with Crippen LogP contribution in [0.25, 0.3) is 0 Å². The molecule has 0 N–H and O–H groups in total. The third-order valence-electron chi connectivity index (χ3n) is 29.0. The van der Waals surface area contributed by atoms with Crippen molar-refractivity contribution >= 4 is 0 Å². The average Bonchev–Trinajstić information content (AvgIpc) is 1.52. The Labute approximate surface area is 823 Å². The third-order valence-corrected chi connectivity index (χ3v) is 29.0. The highest BCUT2D eigenvalue weighted by Crippen LogP contribution is 2.64. The summed E-state index contributed by atoms with van der Waals surface area (Å²) in [5.74, 6) is 9.76. The van der Waals surface area contributed by atoms with E-state index in [9.17, 15) is 0 Å². The summed E-state index contributed by atoms with van der Waals surface area (Å²) in [6, 6.07) is 81.6. The third kappa shape index (κ3) is 27.6. The van der Waals surface area contributed by atoms with Gasteiger partial charge in [0.25, 0.3) is 0 Å². The zero-order valence-electron chi connectivity index (χ0n) is 87.5. The monoisotopic (exact) mass is 1850 g/mol. The lowest BCUT2D eigenvalue weighted by atomic mass is 9.65. The van der Waals surface area contributed by atoms with Gasteiger partial charge in [0.05, 0.1) is 66.1 Å². The molecule has 5 aliphatic rings. The molecule has 1 unspecified atom stereocenters. The first-order valence-corrected chi connectivity index (χ1v) is 53.2. The van der Waals surface area contributed by atoms with Crippen LogP contribution in [0, 0.1) is 0 Å². The van der Waals surface area contributed by atoms with E-state index in [0.29, 0.717) is 0 Å². The van der Waals surface area contributed by atoms with Crippen LogP contribution in [0.5, 0.6) is 57.5 Å². The molecule has 10 heteroatoms. The standard InChI is InChI=1S/C30H44O2.C27H36O2.2C24H32O2.C21H28O2/c1-3-24-31-28-18-14-26(15-19-28)30(27-16-20-29(21-17-27)32-25-4-2)22-12-10-8-6-5-7-9-11-13-23-30;1-7-13-28-19-9-11-21-23(15-19)27(17-25(21,3)4)18-26(5,6)22-12-10-20(16-24(22)27)29-14-8-2;1-6-14-25-19-10-8-18(9-11-19)24(5)17-23(3,4)21-13-12-20(16-22(21)24)26-15-7-2;1-3-18-25-22-12-8-20(9-13-22)24(16-6-5-7-17-24)21-10-14-23(15-11-21)26-19-4-2;1-5-15-22-19-11-7-17(8-12-19)21(3,4)18-9-13-20(14-10-18)23-16-6-2/h14-21H,3-13,22-25H2,1-2H3;9-12,15-16H,7-8,13-14,17-18H2,1-6H3;8-13,16H,6-7,14-15,17H2,1-5H3;8-15H,3-7,16-19H2,1-2H3;7-14H,5-6,15-16H2,1-4H3. The Kier molecular flexibility index (Phi) is 40.6. The second kappa shape index (κ2) is 51.7. The Morgan fingerprint density at radius 3 is 0.640 bits per heavy atom. The predicted molar refractivity (Wildman–Crippen MR) is 570 cm³/mol. The molecule has 5 aliphatic carbocycles. The van der Waals surface area contributed by atoms with Crippen LogP contribution in [0.3, 0.4) is 0 Å². The molecule has 2 fully saturated rings. The zero-order chi connectivity index (χ0) is 97.1. The van der Waals surface area contributed by atoms with E-state index >= 15 is 0 Å². The molecule has 0 amide bonds. The molecule has 10 aromatic rings. The van der Waals surface area contributed by atoms with Gasteiger partial charge in [0.2, 0.25) is 0 Å². The van der Waals surface area contributed by atoms with Crippen LogP contribution in [-0.4, -0.2) is 66.1 Å². The summed E-state index contributed by atoms with van der Waals surface area (Å²) in [6.07, 6.45) is 34.8. The Balaban J connectivity index is 0.000000164. The van der Waals surface area contributed by atoms with E-state index in [1.54, 1.807) is 0 Å². The van der Waals surface area contributed by atoms with E-state index in [1.807, 2.05) is 0 Å². The molecule has 2 saturated carbocycles. The van der Waals surface area contributed by atoms with Gasteiger partial charge >= 0.3 is 0 Å². The number of rotatable bonds is 37. The van der Waals surface area contributed by atoms with Crippen molar-refractivity contribution in [1.82, 2.24) is 0 Å². The van der Waals surface area contributed by atoms with Crippen molar-refractivity contribution in [3.8, 4) is 57.5 Å². The van der Waals surface area contributed by atoms with Crippen molar-refractivity contribution in [2.24, 2.45) is 0 Å². The van der Waals surface area contributed by atoms with Gasteiger partial charge in [-0.3, -0.25) is 0 Å². The van der Waals surface area contributed by atoms with Crippen LogP contribution in [0.15, 0.2) is 224 Å². The topological polar surface area (TPSA) is 92.3 Å². The quantitative estimate of drug-likeness (QED) is 0.0375. The molecule has 10 aromatic carbocycles. The zero-order valence-corrected chi connectivity index (χ0v) is 87.5.